The van der Waals surface area contributed by atoms with Gasteiger partial charge in [-0.2, -0.15) is 8.78 Å². The zero-order chi connectivity index (χ0) is 21.3. The number of hydrogen-bond donors (Lipinski definition) is 2. The molecule has 1 aliphatic rings. The van der Waals surface area contributed by atoms with Crippen LogP contribution in [-0.2, 0) is 18.8 Å². The van der Waals surface area contributed by atoms with Gasteiger partial charge >= 0.3 is 0 Å². The normalized spacial score (nSPS) is 13.8. The van der Waals surface area contributed by atoms with Crippen molar-refractivity contribution in [2.24, 2.45) is 0 Å². The summed E-state index contributed by atoms with van der Waals surface area (Å²) >= 11 is 0. The molecule has 0 aliphatic carbocycles. The van der Waals surface area contributed by atoms with Gasteiger partial charge < -0.3 is 15.2 Å². The minimum absolute atomic E-state index is 0.147. The molecule has 30 heavy (non-hydrogen) atoms. The fourth-order valence-corrected chi connectivity index (χ4v) is 3.68. The number of aryl methyl sites for hydroxylation is 2. The molecule has 1 aliphatic heterocycles. The molecule has 0 saturated carbocycles. The van der Waals surface area contributed by atoms with E-state index in [0.29, 0.717) is 24.8 Å². The van der Waals surface area contributed by atoms with Gasteiger partial charge in [-0.25, -0.2) is 14.4 Å². The van der Waals surface area contributed by atoms with Gasteiger partial charge in [-0.15, -0.1) is 0 Å². The minimum atomic E-state index is -3.62. The summed E-state index contributed by atoms with van der Waals surface area (Å²) in [6.45, 7) is 1.33. The molecule has 0 radical (unpaired) electrons. The van der Waals surface area contributed by atoms with Crippen molar-refractivity contribution in [3.63, 3.8) is 0 Å². The Morgan fingerprint density at radius 3 is 2.87 bits per heavy atom. The molecule has 158 valence electrons. The molecule has 5 nitrogen and oxygen atoms in total. The Bertz CT molecular complexity index is 1090. The SMILES string of the molecule is Cc1nc(NCCc2cccc(C(F)(F)CO)c2F)c2cc3c(cc2n1)OCCC3. The van der Waals surface area contributed by atoms with Crippen LogP contribution >= 0.6 is 0 Å². The third kappa shape index (κ3) is 3.92. The summed E-state index contributed by atoms with van der Waals surface area (Å²) in [5.41, 5.74) is 1.20. The third-order valence-electron chi connectivity index (χ3n) is 5.20. The number of benzene rings is 2. The second kappa shape index (κ2) is 8.10. The zero-order valence-corrected chi connectivity index (χ0v) is 16.5. The van der Waals surface area contributed by atoms with Gasteiger partial charge in [0.15, 0.2) is 0 Å². The van der Waals surface area contributed by atoms with Crippen molar-refractivity contribution < 1.29 is 23.0 Å². The molecule has 0 saturated heterocycles. The maximum absolute atomic E-state index is 14.5. The van der Waals surface area contributed by atoms with Gasteiger partial charge in [-0.3, -0.25) is 0 Å². The van der Waals surface area contributed by atoms with Crippen molar-refractivity contribution in [1.82, 2.24) is 9.97 Å². The maximum Gasteiger partial charge on any atom is 0.298 e. The number of aliphatic hydroxyl groups excluding tert-OH is 1. The molecular weight excluding hydrogens is 395 g/mol. The van der Waals surface area contributed by atoms with Crippen LogP contribution < -0.4 is 10.1 Å². The molecule has 0 bridgehead atoms. The van der Waals surface area contributed by atoms with Gasteiger partial charge in [0.1, 0.15) is 29.8 Å². The van der Waals surface area contributed by atoms with Crippen LogP contribution in [0, 0.1) is 12.7 Å². The van der Waals surface area contributed by atoms with E-state index in [2.05, 4.69) is 15.3 Å². The van der Waals surface area contributed by atoms with Crippen LogP contribution in [0.3, 0.4) is 0 Å². The second-order valence-electron chi connectivity index (χ2n) is 7.37. The highest BCUT2D eigenvalue weighted by Gasteiger charge is 2.34. The van der Waals surface area contributed by atoms with Crippen molar-refractivity contribution in [2.45, 2.75) is 32.1 Å². The van der Waals surface area contributed by atoms with Gasteiger partial charge in [0.05, 0.1) is 17.7 Å². The van der Waals surface area contributed by atoms with Crippen LogP contribution in [0.15, 0.2) is 30.3 Å². The average molecular weight is 417 g/mol. The smallest absolute Gasteiger partial charge is 0.298 e. The summed E-state index contributed by atoms with van der Waals surface area (Å²) in [5.74, 6) is -2.58. The lowest BCUT2D eigenvalue weighted by atomic mass is 10.0. The number of nitrogens with zero attached hydrogens (tertiary/aromatic N) is 2. The summed E-state index contributed by atoms with van der Waals surface area (Å²) in [7, 11) is 0. The number of aromatic nitrogens is 2. The largest absolute Gasteiger partial charge is 0.493 e. The van der Waals surface area contributed by atoms with Crippen LogP contribution in [0.4, 0.5) is 19.0 Å². The molecule has 0 spiro atoms. The van der Waals surface area contributed by atoms with E-state index in [1.165, 1.54) is 12.1 Å². The Balaban J connectivity index is 1.57. The monoisotopic (exact) mass is 417 g/mol. The Morgan fingerprint density at radius 2 is 2.07 bits per heavy atom. The Labute approximate surface area is 171 Å². The molecule has 2 N–H and O–H groups in total. The van der Waals surface area contributed by atoms with Crippen LogP contribution in [0.1, 0.15) is 28.9 Å². The zero-order valence-electron chi connectivity index (χ0n) is 16.5. The number of halogens is 3. The van der Waals surface area contributed by atoms with Crippen molar-refractivity contribution in [3.05, 3.63) is 58.7 Å². The van der Waals surface area contributed by atoms with Gasteiger partial charge in [0, 0.05) is 18.0 Å². The summed E-state index contributed by atoms with van der Waals surface area (Å²) in [4.78, 5) is 8.94. The van der Waals surface area contributed by atoms with Gasteiger partial charge in [-0.05, 0) is 49.4 Å². The van der Waals surface area contributed by atoms with E-state index < -0.39 is 23.9 Å². The first-order chi connectivity index (χ1) is 14.4. The van der Waals surface area contributed by atoms with Crippen LogP contribution in [0.2, 0.25) is 0 Å². The maximum atomic E-state index is 14.5. The summed E-state index contributed by atoms with van der Waals surface area (Å²) in [5, 5.41) is 12.9. The van der Waals surface area contributed by atoms with Crippen LogP contribution in [0.25, 0.3) is 10.9 Å². The van der Waals surface area contributed by atoms with Crippen molar-refractivity contribution >= 4 is 16.7 Å². The molecule has 3 aromatic rings. The number of anilines is 1. The van der Waals surface area contributed by atoms with E-state index in [9.17, 15) is 13.2 Å². The third-order valence-corrected chi connectivity index (χ3v) is 5.20. The van der Waals surface area contributed by atoms with Crippen LogP contribution in [0.5, 0.6) is 5.75 Å². The summed E-state index contributed by atoms with van der Waals surface area (Å²) < 4.78 is 47.7. The lowest BCUT2D eigenvalue weighted by Gasteiger charge is -2.19. The number of alkyl halides is 2. The second-order valence-corrected chi connectivity index (χ2v) is 7.37. The number of rotatable bonds is 6. The van der Waals surface area contributed by atoms with Crippen molar-refractivity contribution in [2.75, 3.05) is 25.1 Å². The highest BCUT2D eigenvalue weighted by molar-refractivity contribution is 5.91. The Kier molecular flexibility index (Phi) is 5.51. The number of aliphatic hydroxyl groups is 1. The van der Waals surface area contributed by atoms with Crippen molar-refractivity contribution in [3.8, 4) is 5.75 Å². The number of hydrogen-bond acceptors (Lipinski definition) is 5. The molecule has 0 fully saturated rings. The first-order valence-electron chi connectivity index (χ1n) is 9.83. The highest BCUT2D eigenvalue weighted by Crippen LogP contribution is 2.33. The van der Waals surface area contributed by atoms with E-state index in [4.69, 9.17) is 9.84 Å². The molecule has 4 rings (SSSR count). The van der Waals surface area contributed by atoms with E-state index >= 15 is 0 Å². The molecule has 0 unspecified atom stereocenters. The van der Waals surface area contributed by atoms with Gasteiger partial charge in [0.2, 0.25) is 0 Å². The first-order valence-corrected chi connectivity index (χ1v) is 9.83. The Hall–Kier alpha value is -2.87. The highest BCUT2D eigenvalue weighted by atomic mass is 19.3. The van der Waals surface area contributed by atoms with E-state index in [1.807, 2.05) is 12.1 Å². The molecule has 0 amide bonds. The first kappa shape index (κ1) is 20.4. The Morgan fingerprint density at radius 1 is 1.23 bits per heavy atom. The summed E-state index contributed by atoms with van der Waals surface area (Å²) in [6, 6.07) is 7.74. The fraction of sp³-hybridized carbons (Fsp3) is 0.364. The summed E-state index contributed by atoms with van der Waals surface area (Å²) in [6.07, 6.45) is 2.04. The molecule has 2 heterocycles. The van der Waals surface area contributed by atoms with E-state index in [1.54, 1.807) is 6.92 Å². The standard InChI is InChI=1S/C22H22F3N3O2/c1-13-27-18-11-19-15(5-3-9-30-19)10-16(18)21(28-13)26-8-7-14-4-2-6-17(20(14)23)22(24,25)12-29/h2,4,6,10-11,29H,3,5,7-9,12H2,1H3,(H,26,27,28). The lowest BCUT2D eigenvalue weighted by Crippen LogP contribution is -2.21. The van der Waals surface area contributed by atoms with E-state index in [0.717, 1.165) is 41.1 Å². The predicted octanol–water partition coefficient (Wildman–Crippen LogP) is 4.14. The fourth-order valence-electron chi connectivity index (χ4n) is 3.68. The average Bonchev–Trinajstić information content (AvgIpc) is 2.73. The van der Waals surface area contributed by atoms with Crippen molar-refractivity contribution in [1.29, 1.82) is 0 Å². The van der Waals surface area contributed by atoms with Crippen LogP contribution in [-0.4, -0.2) is 34.8 Å². The number of ether oxygens (including phenoxy) is 1. The minimum Gasteiger partial charge on any atom is -0.493 e. The molecule has 2 aromatic carbocycles. The van der Waals surface area contributed by atoms with E-state index in [-0.39, 0.29) is 12.0 Å². The molecule has 1 aromatic heterocycles. The lowest BCUT2D eigenvalue weighted by molar-refractivity contribution is -0.0583. The van der Waals surface area contributed by atoms with Gasteiger partial charge in [0.25, 0.3) is 5.92 Å². The molecule has 0 atom stereocenters. The number of nitrogens with one attached hydrogen (secondary N) is 1. The number of fused-ring (bicyclic) bond motifs is 2. The predicted molar refractivity (Wildman–Crippen MR) is 108 cm³/mol. The topological polar surface area (TPSA) is 67.3 Å². The molecule has 8 heteroatoms. The molecular formula is C22H22F3N3O2. The quantitative estimate of drug-likeness (QED) is 0.631. The van der Waals surface area contributed by atoms with Gasteiger partial charge in [-0.1, -0.05) is 12.1 Å².